The lowest BCUT2D eigenvalue weighted by molar-refractivity contribution is -0.122. The number of hydrogen-bond acceptors (Lipinski definition) is 5. The van der Waals surface area contributed by atoms with Crippen molar-refractivity contribution in [2.45, 2.75) is 52.1 Å². The van der Waals surface area contributed by atoms with Crippen molar-refractivity contribution in [3.8, 4) is 0 Å². The highest BCUT2D eigenvalue weighted by atomic mass is 16.1. The highest BCUT2D eigenvalue weighted by molar-refractivity contribution is 5.76. The normalized spacial score (nSPS) is 15.4. The van der Waals surface area contributed by atoms with Crippen molar-refractivity contribution in [2.24, 2.45) is 0 Å². The van der Waals surface area contributed by atoms with Crippen LogP contribution in [0, 0.1) is 13.8 Å². The molecule has 0 saturated carbocycles. The predicted octanol–water partition coefficient (Wildman–Crippen LogP) is 3.07. The van der Waals surface area contributed by atoms with Crippen molar-refractivity contribution >= 4 is 11.9 Å². The second-order valence-electron chi connectivity index (χ2n) is 7.61. The predicted molar refractivity (Wildman–Crippen MR) is 112 cm³/mol. The molecule has 1 aromatic heterocycles. The number of likely N-dealkylation sites (tertiary alicyclic amines) is 1. The lowest BCUT2D eigenvalue weighted by Gasteiger charge is -2.32. The van der Waals surface area contributed by atoms with Gasteiger partial charge in [0.2, 0.25) is 11.9 Å². The van der Waals surface area contributed by atoms with Crippen molar-refractivity contribution in [1.82, 2.24) is 20.2 Å². The van der Waals surface area contributed by atoms with E-state index in [9.17, 15) is 4.79 Å². The fourth-order valence-electron chi connectivity index (χ4n) is 3.63. The van der Waals surface area contributed by atoms with Gasteiger partial charge in [0, 0.05) is 50.0 Å². The van der Waals surface area contributed by atoms with E-state index in [0.29, 0.717) is 25.0 Å². The van der Waals surface area contributed by atoms with E-state index in [0.717, 1.165) is 50.3 Å². The van der Waals surface area contributed by atoms with Crippen LogP contribution in [0.5, 0.6) is 0 Å². The second kappa shape index (κ2) is 10.2. The van der Waals surface area contributed by atoms with Gasteiger partial charge >= 0.3 is 0 Å². The van der Waals surface area contributed by atoms with Crippen molar-refractivity contribution in [2.75, 3.05) is 25.0 Å². The molecule has 2 heterocycles. The molecular formula is C22H31N5O. The number of amides is 1. The highest BCUT2D eigenvalue weighted by Crippen LogP contribution is 2.14. The summed E-state index contributed by atoms with van der Waals surface area (Å²) in [6.07, 6.45) is 3.34. The Kier molecular flexibility index (Phi) is 7.37. The molecule has 0 bridgehead atoms. The van der Waals surface area contributed by atoms with Gasteiger partial charge in [-0.3, -0.25) is 9.69 Å². The monoisotopic (exact) mass is 381 g/mol. The Hall–Kier alpha value is -2.47. The van der Waals surface area contributed by atoms with Gasteiger partial charge in [-0.05, 0) is 44.7 Å². The smallest absolute Gasteiger partial charge is 0.223 e. The average molecular weight is 382 g/mol. The van der Waals surface area contributed by atoms with Crippen molar-refractivity contribution < 1.29 is 4.79 Å². The molecule has 1 aliphatic rings. The van der Waals surface area contributed by atoms with Crippen molar-refractivity contribution in [3.05, 3.63) is 53.3 Å². The Morgan fingerprint density at radius 1 is 1.11 bits per heavy atom. The van der Waals surface area contributed by atoms with Gasteiger partial charge in [-0.2, -0.15) is 0 Å². The van der Waals surface area contributed by atoms with Gasteiger partial charge in [-0.15, -0.1) is 0 Å². The molecule has 6 heteroatoms. The Morgan fingerprint density at radius 3 is 2.46 bits per heavy atom. The van der Waals surface area contributed by atoms with Crippen molar-refractivity contribution in [1.29, 1.82) is 0 Å². The molecule has 0 unspecified atom stereocenters. The summed E-state index contributed by atoms with van der Waals surface area (Å²) in [7, 11) is 0. The Balaban J connectivity index is 1.30. The number of rotatable bonds is 8. The Bertz CT molecular complexity index is 737. The number of carbonyl (C=O) groups is 1. The molecule has 3 rings (SSSR count). The van der Waals surface area contributed by atoms with E-state index in [2.05, 4.69) is 55.8 Å². The molecule has 0 radical (unpaired) electrons. The number of aryl methyl sites for hydroxylation is 2. The third kappa shape index (κ3) is 6.60. The van der Waals surface area contributed by atoms with Crippen LogP contribution in [-0.4, -0.2) is 46.5 Å². The van der Waals surface area contributed by atoms with Crippen LogP contribution >= 0.6 is 0 Å². The minimum Gasteiger partial charge on any atom is -0.354 e. The molecule has 1 saturated heterocycles. The molecule has 2 N–H and O–H groups in total. The van der Waals surface area contributed by atoms with E-state index in [1.54, 1.807) is 0 Å². The molecule has 1 aromatic carbocycles. The molecule has 0 spiro atoms. The van der Waals surface area contributed by atoms with E-state index in [1.807, 2.05) is 19.9 Å². The molecular weight excluding hydrogens is 350 g/mol. The highest BCUT2D eigenvalue weighted by Gasteiger charge is 2.20. The van der Waals surface area contributed by atoms with Gasteiger partial charge < -0.3 is 10.6 Å². The van der Waals surface area contributed by atoms with Crippen LogP contribution in [0.2, 0.25) is 0 Å². The minimum atomic E-state index is 0.143. The molecule has 1 amide bonds. The number of aromatic nitrogens is 2. The summed E-state index contributed by atoms with van der Waals surface area (Å²) in [6, 6.07) is 12.8. The van der Waals surface area contributed by atoms with E-state index < -0.39 is 0 Å². The lowest BCUT2D eigenvalue weighted by atomic mass is 10.0. The molecule has 0 aliphatic carbocycles. The third-order valence-electron chi connectivity index (χ3n) is 5.05. The summed E-state index contributed by atoms with van der Waals surface area (Å²) >= 11 is 0. The number of nitrogens with one attached hydrogen (secondary N) is 2. The molecule has 6 nitrogen and oxygen atoms in total. The van der Waals surface area contributed by atoms with Crippen LogP contribution in [-0.2, 0) is 11.3 Å². The van der Waals surface area contributed by atoms with Crippen LogP contribution in [0.3, 0.4) is 0 Å². The first kappa shape index (κ1) is 20.3. The van der Waals surface area contributed by atoms with E-state index in [-0.39, 0.29) is 5.91 Å². The zero-order valence-corrected chi connectivity index (χ0v) is 16.9. The molecule has 0 atom stereocenters. The van der Waals surface area contributed by atoms with E-state index in [1.165, 1.54) is 5.56 Å². The summed E-state index contributed by atoms with van der Waals surface area (Å²) in [6.45, 7) is 7.67. The fourth-order valence-corrected chi connectivity index (χ4v) is 3.63. The first-order valence-corrected chi connectivity index (χ1v) is 10.2. The topological polar surface area (TPSA) is 70.2 Å². The molecule has 1 fully saturated rings. The summed E-state index contributed by atoms with van der Waals surface area (Å²) in [5, 5.41) is 6.40. The standard InChI is InChI=1S/C22H31N5O/c1-17-15-18(2)25-22(24-17)23-12-6-9-21(28)26-20-10-13-27(14-11-20)16-19-7-4-3-5-8-19/h3-5,7-8,15,20H,6,9-14,16H2,1-2H3,(H,26,28)(H,23,24,25). The number of hydrogen-bond donors (Lipinski definition) is 2. The Labute approximate surface area is 167 Å². The minimum absolute atomic E-state index is 0.143. The third-order valence-corrected chi connectivity index (χ3v) is 5.05. The van der Waals surface area contributed by atoms with Gasteiger partial charge in [0.25, 0.3) is 0 Å². The maximum absolute atomic E-state index is 12.2. The van der Waals surface area contributed by atoms with Gasteiger partial charge in [0.1, 0.15) is 0 Å². The van der Waals surface area contributed by atoms with Crippen LogP contribution < -0.4 is 10.6 Å². The van der Waals surface area contributed by atoms with Crippen molar-refractivity contribution in [3.63, 3.8) is 0 Å². The number of carbonyl (C=O) groups excluding carboxylic acids is 1. The fraction of sp³-hybridized carbons (Fsp3) is 0.500. The molecule has 1 aliphatic heterocycles. The molecule has 150 valence electrons. The summed E-state index contributed by atoms with van der Waals surface area (Å²) < 4.78 is 0. The van der Waals surface area contributed by atoms with Gasteiger partial charge in [0.05, 0.1) is 0 Å². The summed E-state index contributed by atoms with van der Waals surface area (Å²) in [4.78, 5) is 23.4. The maximum Gasteiger partial charge on any atom is 0.223 e. The van der Waals surface area contributed by atoms with Gasteiger partial charge in [-0.25, -0.2) is 9.97 Å². The summed E-state index contributed by atoms with van der Waals surface area (Å²) in [5.74, 6) is 0.786. The Morgan fingerprint density at radius 2 is 1.79 bits per heavy atom. The SMILES string of the molecule is Cc1cc(C)nc(NCCCC(=O)NC2CCN(Cc3ccccc3)CC2)n1. The number of piperidine rings is 1. The van der Waals surface area contributed by atoms with E-state index >= 15 is 0 Å². The number of benzene rings is 1. The first-order valence-electron chi connectivity index (χ1n) is 10.2. The molecule has 28 heavy (non-hydrogen) atoms. The number of nitrogens with zero attached hydrogens (tertiary/aromatic N) is 3. The zero-order chi connectivity index (χ0) is 19.8. The lowest BCUT2D eigenvalue weighted by Crippen LogP contribution is -2.44. The molecule has 2 aromatic rings. The van der Waals surface area contributed by atoms with Crippen LogP contribution in [0.25, 0.3) is 0 Å². The van der Waals surface area contributed by atoms with E-state index in [4.69, 9.17) is 0 Å². The average Bonchev–Trinajstić information content (AvgIpc) is 2.67. The van der Waals surface area contributed by atoms with Crippen LogP contribution in [0.4, 0.5) is 5.95 Å². The quantitative estimate of drug-likeness (QED) is 0.688. The zero-order valence-electron chi connectivity index (χ0n) is 16.9. The van der Waals surface area contributed by atoms with Crippen LogP contribution in [0.1, 0.15) is 42.6 Å². The van der Waals surface area contributed by atoms with Gasteiger partial charge in [0.15, 0.2) is 0 Å². The second-order valence-corrected chi connectivity index (χ2v) is 7.61. The summed E-state index contributed by atoms with van der Waals surface area (Å²) in [5.41, 5.74) is 3.25. The number of anilines is 1. The van der Waals surface area contributed by atoms with Gasteiger partial charge in [-0.1, -0.05) is 30.3 Å². The maximum atomic E-state index is 12.2. The largest absolute Gasteiger partial charge is 0.354 e. The van der Waals surface area contributed by atoms with Crippen LogP contribution in [0.15, 0.2) is 36.4 Å². The first-order chi connectivity index (χ1) is 13.6.